The van der Waals surface area contributed by atoms with Crippen molar-refractivity contribution in [2.75, 3.05) is 0 Å². The van der Waals surface area contributed by atoms with Crippen LogP contribution in [0.2, 0.25) is 0 Å². The predicted octanol–water partition coefficient (Wildman–Crippen LogP) is 8.29. The van der Waals surface area contributed by atoms with Crippen LogP contribution >= 0.6 is 9.24 Å². The van der Waals surface area contributed by atoms with Crippen LogP contribution in [0, 0.1) is 31.1 Å². The summed E-state index contributed by atoms with van der Waals surface area (Å²) in [6.45, 7) is 22.2. The van der Waals surface area contributed by atoms with E-state index in [-0.39, 0.29) is 0 Å². The molecule has 1 aromatic carbocycles. The molecule has 0 nitrogen and oxygen atoms in total. The maximum absolute atomic E-state index is 3.19. The number of hydrogen-bond donors (Lipinski definition) is 0. The maximum atomic E-state index is 3.19. The first-order chi connectivity index (χ1) is 14.6. The molecule has 0 amide bonds. The molecule has 2 heteroatoms. The van der Waals surface area contributed by atoms with Crippen molar-refractivity contribution in [2.24, 2.45) is 17.3 Å². The Bertz CT molecular complexity index is 750. The van der Waals surface area contributed by atoms with Gasteiger partial charge in [0.25, 0.3) is 0 Å². The Morgan fingerprint density at radius 2 is 1.45 bits per heavy atom. The zero-order valence-corrected chi connectivity index (χ0v) is 26.2. The van der Waals surface area contributed by atoms with Crippen molar-refractivity contribution >= 4 is 37.1 Å². The molecule has 0 bridgehead atoms. The second-order valence-corrected chi connectivity index (χ2v) is 13.8. The number of unbranched alkanes of at least 4 members (excludes halogenated alkanes) is 3. The fraction of sp³-hybridized carbons (Fsp3) is 0.793. The number of fused-ring (bicyclic) bond motifs is 1. The van der Waals surface area contributed by atoms with Crippen molar-refractivity contribution in [3.63, 3.8) is 0 Å². The first-order valence-corrected chi connectivity index (χ1v) is 15.2. The Kier molecular flexibility index (Phi) is 10.0. The molecule has 1 aromatic rings. The van der Waals surface area contributed by atoms with Gasteiger partial charge in [-0.05, 0) is 0 Å². The van der Waals surface area contributed by atoms with Crippen LogP contribution in [0.3, 0.4) is 0 Å². The van der Waals surface area contributed by atoms with E-state index in [1.54, 1.807) is 50.3 Å². The SMILES string of the molecule is CCCCc1c(C)c2c(c(C)c1P)[C]([Sn])(C(C)C)C(CCCC)(C(C)C)C2CCCC. The van der Waals surface area contributed by atoms with Gasteiger partial charge in [-0.3, -0.25) is 0 Å². The van der Waals surface area contributed by atoms with E-state index in [1.807, 2.05) is 0 Å². The fourth-order valence-electron chi connectivity index (χ4n) is 7.12. The van der Waals surface area contributed by atoms with Gasteiger partial charge < -0.3 is 0 Å². The van der Waals surface area contributed by atoms with Crippen LogP contribution in [0.1, 0.15) is 134 Å². The van der Waals surface area contributed by atoms with E-state index < -0.39 is 0 Å². The van der Waals surface area contributed by atoms with Crippen molar-refractivity contribution in [2.45, 2.75) is 129 Å². The molecule has 0 aliphatic heterocycles. The predicted molar refractivity (Wildman–Crippen MR) is 145 cm³/mol. The van der Waals surface area contributed by atoms with Gasteiger partial charge in [-0.15, -0.1) is 0 Å². The van der Waals surface area contributed by atoms with Crippen LogP contribution in [0.4, 0.5) is 0 Å². The summed E-state index contributed by atoms with van der Waals surface area (Å²) in [7, 11) is 3.19. The monoisotopic (exact) mass is 549 g/mol. The second kappa shape index (κ2) is 11.2. The van der Waals surface area contributed by atoms with Crippen LogP contribution in [-0.2, 0) is 9.85 Å². The minimum absolute atomic E-state index is 0.320. The zero-order chi connectivity index (χ0) is 23.6. The Balaban J connectivity index is 2.96. The molecule has 3 radical (unpaired) electrons. The van der Waals surface area contributed by atoms with Gasteiger partial charge in [-0.25, -0.2) is 0 Å². The summed E-state index contributed by atoms with van der Waals surface area (Å²) < 4.78 is 0.320. The molecule has 0 heterocycles. The first kappa shape index (κ1) is 27.7. The van der Waals surface area contributed by atoms with Gasteiger partial charge in [-0.1, -0.05) is 0 Å². The van der Waals surface area contributed by atoms with Gasteiger partial charge in [-0.2, -0.15) is 0 Å². The van der Waals surface area contributed by atoms with Crippen LogP contribution in [0.5, 0.6) is 0 Å². The van der Waals surface area contributed by atoms with Gasteiger partial charge >= 0.3 is 212 Å². The van der Waals surface area contributed by atoms with Gasteiger partial charge in [0.2, 0.25) is 0 Å². The van der Waals surface area contributed by atoms with E-state index in [0.29, 0.717) is 20.7 Å². The zero-order valence-electron chi connectivity index (χ0n) is 22.2. The van der Waals surface area contributed by atoms with Crippen molar-refractivity contribution in [1.82, 2.24) is 0 Å². The average Bonchev–Trinajstić information content (AvgIpc) is 2.96. The van der Waals surface area contributed by atoms with Crippen molar-refractivity contribution in [1.29, 1.82) is 0 Å². The summed E-state index contributed by atoms with van der Waals surface area (Å²) in [6.07, 6.45) is 11.9. The summed E-state index contributed by atoms with van der Waals surface area (Å²) in [6, 6.07) is 0. The van der Waals surface area contributed by atoms with Crippen LogP contribution in [-0.4, -0.2) is 22.5 Å². The topological polar surface area (TPSA) is 0 Å². The Labute approximate surface area is 210 Å². The molecule has 2 rings (SSSR count). The first-order valence-electron chi connectivity index (χ1n) is 13.2. The molecular weight excluding hydrogens is 498 g/mol. The van der Waals surface area contributed by atoms with Crippen molar-refractivity contribution in [3.8, 4) is 0 Å². The quantitative estimate of drug-likeness (QED) is 0.193. The summed E-state index contributed by atoms with van der Waals surface area (Å²) in [5.74, 6) is 2.11. The molecular formula is C29H50PSn. The van der Waals surface area contributed by atoms with E-state index in [2.05, 4.69) is 71.6 Å². The molecule has 0 saturated carbocycles. The Morgan fingerprint density at radius 3 is 1.94 bits per heavy atom. The van der Waals surface area contributed by atoms with Crippen LogP contribution < -0.4 is 5.30 Å². The minimum atomic E-state index is 0.320. The molecule has 0 spiro atoms. The molecule has 0 saturated heterocycles. The van der Waals surface area contributed by atoms with Crippen LogP contribution in [0.25, 0.3) is 0 Å². The molecule has 1 aliphatic carbocycles. The second-order valence-electron chi connectivity index (χ2n) is 11.0. The number of rotatable bonds is 11. The van der Waals surface area contributed by atoms with Crippen molar-refractivity contribution < 1.29 is 0 Å². The Morgan fingerprint density at radius 1 is 0.871 bits per heavy atom. The Hall–Kier alpha value is 0.449. The fourth-order valence-corrected chi connectivity index (χ4v) is 10.2. The molecule has 0 fully saturated rings. The molecule has 0 aromatic heterocycles. The normalized spacial score (nSPS) is 25.6. The van der Waals surface area contributed by atoms with E-state index in [4.69, 9.17) is 0 Å². The van der Waals surface area contributed by atoms with Gasteiger partial charge in [0.15, 0.2) is 0 Å². The third-order valence-corrected chi connectivity index (χ3v) is 13.3. The van der Waals surface area contributed by atoms with Gasteiger partial charge in [0.1, 0.15) is 0 Å². The van der Waals surface area contributed by atoms with E-state index in [1.165, 1.54) is 63.1 Å². The van der Waals surface area contributed by atoms with E-state index in [0.717, 1.165) is 5.92 Å². The molecule has 175 valence electrons. The summed E-state index contributed by atoms with van der Waals surface area (Å²) in [5.41, 5.74) is 8.91. The number of benzene rings is 1. The molecule has 31 heavy (non-hydrogen) atoms. The van der Waals surface area contributed by atoms with Gasteiger partial charge in [0, 0.05) is 0 Å². The van der Waals surface area contributed by atoms with Crippen LogP contribution in [0.15, 0.2) is 0 Å². The average molecular weight is 548 g/mol. The number of hydrogen-bond acceptors (Lipinski definition) is 0. The summed E-state index contributed by atoms with van der Waals surface area (Å²) in [5, 5.41) is 1.53. The standard InChI is InChI=1S/C29H50P.Sn/c1-10-13-16-23-21(8)25-24(17-14-11-2)29(20(6)7,18-15-12-3)27(19(4)5)26(25)22(9)28(23)30;/h19-20,24H,10-18,30H2,1-9H3;. The van der Waals surface area contributed by atoms with E-state index >= 15 is 0 Å². The third kappa shape index (κ3) is 4.45. The van der Waals surface area contributed by atoms with E-state index in [9.17, 15) is 0 Å². The molecule has 1 aliphatic rings. The molecule has 0 N–H and O–H groups in total. The van der Waals surface area contributed by atoms with Crippen molar-refractivity contribution in [3.05, 3.63) is 27.8 Å². The molecule has 4 atom stereocenters. The summed E-state index contributed by atoms with van der Waals surface area (Å²) in [4.78, 5) is 0. The third-order valence-electron chi connectivity index (χ3n) is 8.80. The van der Waals surface area contributed by atoms with Gasteiger partial charge in [0.05, 0.1) is 0 Å². The summed E-state index contributed by atoms with van der Waals surface area (Å²) >= 11 is 1.75. The molecule has 4 unspecified atom stereocenters.